The molecule has 1 heterocycles. The zero-order chi connectivity index (χ0) is 14.0. The molecule has 0 bridgehead atoms. The molecule has 0 radical (unpaired) electrons. The monoisotopic (exact) mass is 276 g/mol. The zero-order valence-corrected chi connectivity index (χ0v) is 11.6. The Bertz CT molecular complexity index is 439. The van der Waals surface area contributed by atoms with Crippen molar-refractivity contribution in [3.05, 3.63) is 29.8 Å². The summed E-state index contributed by atoms with van der Waals surface area (Å²) in [7, 11) is 0. The molecule has 0 saturated carbocycles. The van der Waals surface area contributed by atoms with Crippen LogP contribution in [0.1, 0.15) is 5.56 Å². The van der Waals surface area contributed by atoms with Gasteiger partial charge in [-0.25, -0.2) is 0 Å². The number of morpholine rings is 1. The van der Waals surface area contributed by atoms with Crippen molar-refractivity contribution in [3.63, 3.8) is 0 Å². The molecule has 0 amide bonds. The normalized spacial score (nSPS) is 15.8. The van der Waals surface area contributed by atoms with E-state index in [0.29, 0.717) is 31.1 Å². The molecule has 5 nitrogen and oxygen atoms in total. The van der Waals surface area contributed by atoms with Gasteiger partial charge in [-0.3, -0.25) is 4.90 Å². The third kappa shape index (κ3) is 4.82. The van der Waals surface area contributed by atoms with E-state index in [2.05, 4.69) is 11.0 Å². The summed E-state index contributed by atoms with van der Waals surface area (Å²) in [4.78, 5) is 2.33. The van der Waals surface area contributed by atoms with Gasteiger partial charge in [-0.15, -0.1) is 0 Å². The van der Waals surface area contributed by atoms with Gasteiger partial charge < -0.3 is 14.2 Å². The SMILES string of the molecule is N#Cc1ccccc1OCCOCCN1CCOCC1. The molecule has 1 fully saturated rings. The Morgan fingerprint density at radius 1 is 1.15 bits per heavy atom. The first kappa shape index (κ1) is 14.8. The number of nitrogens with zero attached hydrogens (tertiary/aromatic N) is 2. The van der Waals surface area contributed by atoms with Crippen LogP contribution >= 0.6 is 0 Å². The van der Waals surface area contributed by atoms with Crippen molar-refractivity contribution in [3.8, 4) is 11.8 Å². The van der Waals surface area contributed by atoms with Crippen LogP contribution in [0.3, 0.4) is 0 Å². The number of para-hydroxylation sites is 1. The third-order valence-corrected chi connectivity index (χ3v) is 3.15. The van der Waals surface area contributed by atoms with Crippen molar-refractivity contribution in [2.75, 3.05) is 52.7 Å². The van der Waals surface area contributed by atoms with Gasteiger partial charge in [-0.05, 0) is 12.1 Å². The molecule has 20 heavy (non-hydrogen) atoms. The maximum Gasteiger partial charge on any atom is 0.137 e. The second-order valence-corrected chi connectivity index (χ2v) is 4.52. The lowest BCUT2D eigenvalue weighted by molar-refractivity contribution is 0.0170. The topological polar surface area (TPSA) is 54.7 Å². The lowest BCUT2D eigenvalue weighted by Gasteiger charge is -2.26. The lowest BCUT2D eigenvalue weighted by atomic mass is 10.2. The Balaban J connectivity index is 1.56. The fraction of sp³-hybridized carbons (Fsp3) is 0.533. The summed E-state index contributed by atoms with van der Waals surface area (Å²) in [6.45, 7) is 6.21. The number of rotatable bonds is 7. The van der Waals surface area contributed by atoms with Crippen LogP contribution in [0.15, 0.2) is 24.3 Å². The van der Waals surface area contributed by atoms with E-state index in [1.54, 1.807) is 12.1 Å². The molecule has 1 aliphatic heterocycles. The smallest absolute Gasteiger partial charge is 0.137 e. The van der Waals surface area contributed by atoms with Gasteiger partial charge in [0, 0.05) is 19.6 Å². The summed E-state index contributed by atoms with van der Waals surface area (Å²) in [6.07, 6.45) is 0. The summed E-state index contributed by atoms with van der Waals surface area (Å²) in [6, 6.07) is 9.33. The summed E-state index contributed by atoms with van der Waals surface area (Å²) >= 11 is 0. The summed E-state index contributed by atoms with van der Waals surface area (Å²) in [5.74, 6) is 0.617. The number of nitriles is 1. The maximum atomic E-state index is 8.93. The van der Waals surface area contributed by atoms with Gasteiger partial charge in [-0.2, -0.15) is 5.26 Å². The molecule has 1 aromatic carbocycles. The van der Waals surface area contributed by atoms with Gasteiger partial charge in [0.15, 0.2) is 0 Å². The molecule has 2 rings (SSSR count). The number of hydrogen-bond donors (Lipinski definition) is 0. The second kappa shape index (κ2) is 8.54. The molecule has 0 unspecified atom stereocenters. The van der Waals surface area contributed by atoms with E-state index in [4.69, 9.17) is 19.5 Å². The predicted octanol–water partition coefficient (Wildman–Crippen LogP) is 1.29. The Kier molecular flexibility index (Phi) is 6.32. The van der Waals surface area contributed by atoms with Crippen molar-refractivity contribution in [2.45, 2.75) is 0 Å². The van der Waals surface area contributed by atoms with E-state index in [-0.39, 0.29) is 0 Å². The Hall–Kier alpha value is -1.61. The zero-order valence-electron chi connectivity index (χ0n) is 11.6. The first-order chi connectivity index (χ1) is 9.90. The van der Waals surface area contributed by atoms with E-state index in [9.17, 15) is 0 Å². The minimum absolute atomic E-state index is 0.460. The minimum atomic E-state index is 0.460. The maximum absolute atomic E-state index is 8.93. The highest BCUT2D eigenvalue weighted by molar-refractivity contribution is 5.42. The van der Waals surface area contributed by atoms with Crippen LogP contribution in [-0.4, -0.2) is 57.6 Å². The fourth-order valence-electron chi connectivity index (χ4n) is 2.02. The fourth-order valence-corrected chi connectivity index (χ4v) is 2.02. The van der Waals surface area contributed by atoms with Gasteiger partial charge in [0.25, 0.3) is 0 Å². The summed E-state index contributed by atoms with van der Waals surface area (Å²) in [5, 5.41) is 8.93. The van der Waals surface area contributed by atoms with Crippen molar-refractivity contribution < 1.29 is 14.2 Å². The van der Waals surface area contributed by atoms with Crippen molar-refractivity contribution in [1.82, 2.24) is 4.90 Å². The highest BCUT2D eigenvalue weighted by Gasteiger charge is 2.09. The van der Waals surface area contributed by atoms with E-state index >= 15 is 0 Å². The molecular formula is C15H20N2O3. The van der Waals surface area contributed by atoms with E-state index < -0.39 is 0 Å². The first-order valence-corrected chi connectivity index (χ1v) is 6.90. The van der Waals surface area contributed by atoms with Crippen molar-refractivity contribution in [1.29, 1.82) is 5.26 Å². The average molecular weight is 276 g/mol. The van der Waals surface area contributed by atoms with E-state index in [1.165, 1.54) is 0 Å². The quantitative estimate of drug-likeness (QED) is 0.702. The molecule has 0 aromatic heterocycles. The van der Waals surface area contributed by atoms with Crippen LogP contribution in [-0.2, 0) is 9.47 Å². The van der Waals surface area contributed by atoms with E-state index in [0.717, 1.165) is 32.8 Å². The second-order valence-electron chi connectivity index (χ2n) is 4.52. The van der Waals surface area contributed by atoms with Crippen molar-refractivity contribution in [2.24, 2.45) is 0 Å². The van der Waals surface area contributed by atoms with Crippen LogP contribution in [0.4, 0.5) is 0 Å². The summed E-state index contributed by atoms with van der Waals surface area (Å²) in [5.41, 5.74) is 0.556. The average Bonchev–Trinajstić information content (AvgIpc) is 2.52. The molecule has 0 spiro atoms. The van der Waals surface area contributed by atoms with Crippen molar-refractivity contribution >= 4 is 0 Å². The molecule has 0 atom stereocenters. The molecule has 1 aromatic rings. The standard InChI is InChI=1S/C15H20N2O3/c16-13-14-3-1-2-4-15(14)20-12-11-19-10-7-17-5-8-18-9-6-17/h1-4H,5-12H2. The molecule has 1 aliphatic rings. The van der Waals surface area contributed by atoms with Crippen LogP contribution in [0.25, 0.3) is 0 Å². The van der Waals surface area contributed by atoms with Gasteiger partial charge in [0.1, 0.15) is 18.4 Å². The highest BCUT2D eigenvalue weighted by Crippen LogP contribution is 2.16. The summed E-state index contributed by atoms with van der Waals surface area (Å²) < 4.78 is 16.4. The van der Waals surface area contributed by atoms with E-state index in [1.807, 2.05) is 12.1 Å². The van der Waals surface area contributed by atoms with Crippen LogP contribution < -0.4 is 4.74 Å². The Labute approximate surface area is 119 Å². The number of hydrogen-bond acceptors (Lipinski definition) is 5. The molecule has 0 N–H and O–H groups in total. The van der Waals surface area contributed by atoms with Gasteiger partial charge in [0.05, 0.1) is 32.0 Å². The lowest BCUT2D eigenvalue weighted by Crippen LogP contribution is -2.38. The van der Waals surface area contributed by atoms with Crippen LogP contribution in [0, 0.1) is 11.3 Å². The molecule has 108 valence electrons. The molecular weight excluding hydrogens is 256 g/mol. The Morgan fingerprint density at radius 3 is 2.75 bits per heavy atom. The third-order valence-electron chi connectivity index (χ3n) is 3.15. The molecule has 5 heteroatoms. The first-order valence-electron chi connectivity index (χ1n) is 6.90. The predicted molar refractivity (Wildman–Crippen MR) is 74.7 cm³/mol. The van der Waals surface area contributed by atoms with Gasteiger partial charge in [-0.1, -0.05) is 12.1 Å². The minimum Gasteiger partial charge on any atom is -0.490 e. The number of ether oxygens (including phenoxy) is 3. The van der Waals surface area contributed by atoms with Gasteiger partial charge in [0.2, 0.25) is 0 Å². The van der Waals surface area contributed by atoms with Gasteiger partial charge >= 0.3 is 0 Å². The van der Waals surface area contributed by atoms with Crippen LogP contribution in [0.2, 0.25) is 0 Å². The molecule has 1 saturated heterocycles. The Morgan fingerprint density at radius 2 is 1.95 bits per heavy atom. The largest absolute Gasteiger partial charge is 0.490 e. The number of benzene rings is 1. The molecule has 0 aliphatic carbocycles. The highest BCUT2D eigenvalue weighted by atomic mass is 16.5. The van der Waals surface area contributed by atoms with Crippen LogP contribution in [0.5, 0.6) is 5.75 Å².